The second kappa shape index (κ2) is 9.26. The van der Waals surface area contributed by atoms with Crippen LogP contribution in [0.25, 0.3) is 0 Å². The summed E-state index contributed by atoms with van der Waals surface area (Å²) in [5.41, 5.74) is 11.2. The Morgan fingerprint density at radius 1 is 1.17 bits per heavy atom. The fourth-order valence-corrected chi connectivity index (χ4v) is 1.79. The Balaban J connectivity index is 2.71. The number of aliphatic carboxylic acids is 1. The summed E-state index contributed by atoms with van der Waals surface area (Å²) >= 11 is 0. The number of hydrogen-bond donors (Lipinski definition) is 3. The number of carboxylic acid groups (broad SMARTS) is 1. The van der Waals surface area contributed by atoms with E-state index in [9.17, 15) is 19.2 Å². The van der Waals surface area contributed by atoms with Crippen LogP contribution in [0.15, 0.2) is 30.3 Å². The molecule has 0 fully saturated rings. The zero-order chi connectivity index (χ0) is 18.1. The summed E-state index contributed by atoms with van der Waals surface area (Å²) in [6, 6.07) is 7.43. The van der Waals surface area contributed by atoms with Gasteiger partial charge in [0.25, 0.3) is 0 Å². The first kappa shape index (κ1) is 19.1. The topological polar surface area (TPSA) is 153 Å². The zero-order valence-corrected chi connectivity index (χ0v) is 12.9. The van der Waals surface area contributed by atoms with Crippen molar-refractivity contribution in [3.63, 3.8) is 0 Å². The molecule has 24 heavy (non-hydrogen) atoms. The maximum absolute atomic E-state index is 12.1. The molecule has 0 saturated carbocycles. The van der Waals surface area contributed by atoms with E-state index in [1.807, 2.05) is 0 Å². The summed E-state index contributed by atoms with van der Waals surface area (Å²) in [5, 5.41) is 8.85. The molecular formula is C15H19N3O6. The number of hydrogen-bond acceptors (Lipinski definition) is 6. The maximum atomic E-state index is 12.1. The van der Waals surface area contributed by atoms with Gasteiger partial charge in [0, 0.05) is 6.42 Å². The van der Waals surface area contributed by atoms with Crippen molar-refractivity contribution in [1.29, 1.82) is 0 Å². The summed E-state index contributed by atoms with van der Waals surface area (Å²) in [6.45, 7) is -1.02. The Morgan fingerprint density at radius 2 is 1.79 bits per heavy atom. The van der Waals surface area contributed by atoms with Crippen molar-refractivity contribution in [3.05, 3.63) is 35.9 Å². The van der Waals surface area contributed by atoms with E-state index in [1.165, 1.54) is 0 Å². The first-order valence-electron chi connectivity index (χ1n) is 7.09. The van der Waals surface area contributed by atoms with Crippen molar-refractivity contribution < 1.29 is 29.0 Å². The van der Waals surface area contributed by atoms with Crippen LogP contribution < -0.4 is 11.5 Å². The number of imide groups is 1. The second-order valence-electron chi connectivity index (χ2n) is 4.97. The fraction of sp³-hybridized carbons (Fsp3) is 0.333. The van der Waals surface area contributed by atoms with E-state index in [-0.39, 0.29) is 19.4 Å². The van der Waals surface area contributed by atoms with Crippen molar-refractivity contribution in [1.82, 2.24) is 4.90 Å². The SMILES string of the molecule is NC(=O)CC[C@H](N)C(=O)N(CC(=O)O)C(=O)OCc1ccccc1. The predicted molar refractivity (Wildman–Crippen MR) is 82.4 cm³/mol. The Labute approximate surface area is 138 Å². The summed E-state index contributed by atoms with van der Waals surface area (Å²) in [4.78, 5) is 46.1. The van der Waals surface area contributed by atoms with Crippen LogP contribution in [0.4, 0.5) is 4.79 Å². The number of carbonyl (C=O) groups is 4. The third-order valence-electron chi connectivity index (χ3n) is 3.00. The van der Waals surface area contributed by atoms with Gasteiger partial charge in [0.15, 0.2) is 0 Å². The minimum atomic E-state index is -1.40. The molecule has 0 heterocycles. The lowest BCUT2D eigenvalue weighted by atomic mass is 10.1. The smallest absolute Gasteiger partial charge is 0.417 e. The number of carbonyl (C=O) groups excluding carboxylic acids is 3. The Hall–Kier alpha value is -2.94. The van der Waals surface area contributed by atoms with Crippen LogP contribution in [0.3, 0.4) is 0 Å². The zero-order valence-electron chi connectivity index (χ0n) is 12.9. The molecule has 0 aromatic heterocycles. The number of amides is 3. The van der Waals surface area contributed by atoms with Crippen LogP contribution >= 0.6 is 0 Å². The van der Waals surface area contributed by atoms with Crippen molar-refractivity contribution in [2.45, 2.75) is 25.5 Å². The van der Waals surface area contributed by atoms with Crippen LogP contribution in [0, 0.1) is 0 Å². The van der Waals surface area contributed by atoms with Crippen LogP contribution in [-0.2, 0) is 25.7 Å². The molecule has 3 amide bonds. The van der Waals surface area contributed by atoms with Gasteiger partial charge < -0.3 is 21.3 Å². The first-order valence-corrected chi connectivity index (χ1v) is 7.09. The number of nitrogens with two attached hydrogens (primary N) is 2. The van der Waals surface area contributed by atoms with E-state index in [1.54, 1.807) is 30.3 Å². The molecule has 9 nitrogen and oxygen atoms in total. The molecule has 0 aliphatic carbocycles. The largest absolute Gasteiger partial charge is 0.480 e. The average molecular weight is 337 g/mol. The molecule has 1 atom stereocenters. The molecule has 0 unspecified atom stereocenters. The van der Waals surface area contributed by atoms with E-state index in [0.717, 1.165) is 0 Å². The van der Waals surface area contributed by atoms with Gasteiger partial charge in [-0.25, -0.2) is 9.69 Å². The number of ether oxygens (including phenoxy) is 1. The monoisotopic (exact) mass is 337 g/mol. The minimum absolute atomic E-state index is 0.101. The molecule has 9 heteroatoms. The number of primary amides is 1. The Bertz CT molecular complexity index is 604. The molecule has 5 N–H and O–H groups in total. The average Bonchev–Trinajstić information content (AvgIpc) is 2.55. The quantitative estimate of drug-likeness (QED) is 0.595. The van der Waals surface area contributed by atoms with Gasteiger partial charge in [0.05, 0.1) is 6.04 Å². The van der Waals surface area contributed by atoms with Gasteiger partial charge in [-0.15, -0.1) is 0 Å². The summed E-state index contributed by atoms with van der Waals surface area (Å²) in [7, 11) is 0. The summed E-state index contributed by atoms with van der Waals surface area (Å²) in [5.74, 6) is -3.01. The number of carboxylic acids is 1. The maximum Gasteiger partial charge on any atom is 0.417 e. The molecule has 0 radical (unpaired) electrons. The van der Waals surface area contributed by atoms with Gasteiger partial charge in [-0.2, -0.15) is 0 Å². The molecule has 0 aliphatic rings. The van der Waals surface area contributed by atoms with Gasteiger partial charge in [-0.1, -0.05) is 30.3 Å². The number of benzene rings is 1. The third kappa shape index (κ3) is 6.44. The molecule has 0 bridgehead atoms. The lowest BCUT2D eigenvalue weighted by Crippen LogP contribution is -2.49. The highest BCUT2D eigenvalue weighted by Crippen LogP contribution is 2.06. The first-order chi connectivity index (χ1) is 11.3. The highest BCUT2D eigenvalue weighted by molar-refractivity contribution is 5.97. The summed E-state index contributed by atoms with van der Waals surface area (Å²) in [6.07, 6.45) is -1.39. The Kier molecular flexibility index (Phi) is 7.37. The number of rotatable bonds is 8. The molecule has 1 aromatic rings. The molecule has 1 rings (SSSR count). The predicted octanol–water partition coefficient (Wildman–Crippen LogP) is -0.171. The molecule has 130 valence electrons. The normalized spacial score (nSPS) is 11.4. The highest BCUT2D eigenvalue weighted by atomic mass is 16.6. The van der Waals surface area contributed by atoms with Crippen LogP contribution in [-0.4, -0.2) is 46.5 Å². The highest BCUT2D eigenvalue weighted by Gasteiger charge is 2.29. The molecule has 0 aliphatic heterocycles. The van der Waals surface area contributed by atoms with Gasteiger partial charge in [-0.3, -0.25) is 14.4 Å². The van der Waals surface area contributed by atoms with Gasteiger partial charge in [-0.05, 0) is 12.0 Å². The van der Waals surface area contributed by atoms with Crippen molar-refractivity contribution in [2.75, 3.05) is 6.54 Å². The van der Waals surface area contributed by atoms with Gasteiger partial charge in [0.2, 0.25) is 11.8 Å². The second-order valence-corrected chi connectivity index (χ2v) is 4.97. The van der Waals surface area contributed by atoms with Gasteiger partial charge >= 0.3 is 12.1 Å². The fourth-order valence-electron chi connectivity index (χ4n) is 1.79. The van der Waals surface area contributed by atoms with Gasteiger partial charge in [0.1, 0.15) is 13.2 Å². The van der Waals surface area contributed by atoms with Crippen LogP contribution in [0.2, 0.25) is 0 Å². The van der Waals surface area contributed by atoms with Crippen molar-refractivity contribution >= 4 is 23.9 Å². The molecule has 1 aromatic carbocycles. The minimum Gasteiger partial charge on any atom is -0.480 e. The molecule has 0 spiro atoms. The van der Waals surface area contributed by atoms with E-state index in [0.29, 0.717) is 10.5 Å². The molecular weight excluding hydrogens is 318 g/mol. The number of nitrogens with zero attached hydrogens (tertiary/aromatic N) is 1. The van der Waals surface area contributed by atoms with Crippen LogP contribution in [0.1, 0.15) is 18.4 Å². The lowest BCUT2D eigenvalue weighted by molar-refractivity contribution is -0.144. The van der Waals surface area contributed by atoms with Crippen molar-refractivity contribution in [3.8, 4) is 0 Å². The van der Waals surface area contributed by atoms with E-state index >= 15 is 0 Å². The van der Waals surface area contributed by atoms with E-state index in [4.69, 9.17) is 21.3 Å². The third-order valence-corrected chi connectivity index (χ3v) is 3.00. The van der Waals surface area contributed by atoms with Crippen molar-refractivity contribution in [2.24, 2.45) is 11.5 Å². The standard InChI is InChI=1S/C15H19N3O6/c16-11(6-7-12(17)19)14(22)18(8-13(20)21)15(23)24-9-10-4-2-1-3-5-10/h1-5,11H,6-9,16H2,(H2,17,19)(H,20,21)/t11-/m0/s1. The lowest BCUT2D eigenvalue weighted by Gasteiger charge is -2.21. The van der Waals surface area contributed by atoms with E-state index in [2.05, 4.69) is 0 Å². The van der Waals surface area contributed by atoms with E-state index < -0.39 is 36.5 Å². The van der Waals surface area contributed by atoms with Crippen LogP contribution in [0.5, 0.6) is 0 Å². The summed E-state index contributed by atoms with van der Waals surface area (Å²) < 4.78 is 4.94. The Morgan fingerprint density at radius 3 is 2.33 bits per heavy atom. The molecule has 0 saturated heterocycles.